The van der Waals surface area contributed by atoms with Crippen LogP contribution in [0.5, 0.6) is 0 Å². The summed E-state index contributed by atoms with van der Waals surface area (Å²) < 4.78 is 5.56. The SMILES string of the molecule is CC(=O)O[C@@H]1C[C@@](C)(O)CC[C@]12[C@@H](C(=O)O)CC[C@H]2C(C)C. The van der Waals surface area contributed by atoms with Crippen molar-refractivity contribution in [2.75, 3.05) is 0 Å². The van der Waals surface area contributed by atoms with E-state index in [2.05, 4.69) is 13.8 Å². The van der Waals surface area contributed by atoms with Crippen molar-refractivity contribution in [1.82, 2.24) is 0 Å². The van der Waals surface area contributed by atoms with Gasteiger partial charge in [0, 0.05) is 18.8 Å². The number of aliphatic carboxylic acids is 1. The van der Waals surface area contributed by atoms with Crippen LogP contribution in [0.1, 0.15) is 59.8 Å². The van der Waals surface area contributed by atoms with Crippen LogP contribution in [0.15, 0.2) is 0 Å². The number of rotatable bonds is 3. The molecule has 0 aromatic heterocycles. The fourth-order valence-electron chi connectivity index (χ4n) is 4.96. The number of ether oxygens (including phenoxy) is 1. The molecule has 5 heteroatoms. The molecule has 22 heavy (non-hydrogen) atoms. The Labute approximate surface area is 132 Å². The van der Waals surface area contributed by atoms with E-state index in [-0.39, 0.29) is 5.92 Å². The predicted molar refractivity (Wildman–Crippen MR) is 81.1 cm³/mol. The molecule has 0 heterocycles. The molecule has 5 atom stereocenters. The molecule has 0 amide bonds. The van der Waals surface area contributed by atoms with Crippen molar-refractivity contribution in [3.05, 3.63) is 0 Å². The number of carboxylic acids is 1. The van der Waals surface area contributed by atoms with E-state index in [1.54, 1.807) is 6.92 Å². The number of aliphatic hydroxyl groups is 1. The van der Waals surface area contributed by atoms with Gasteiger partial charge >= 0.3 is 11.9 Å². The first-order valence-corrected chi connectivity index (χ1v) is 8.22. The van der Waals surface area contributed by atoms with Crippen LogP contribution >= 0.6 is 0 Å². The van der Waals surface area contributed by atoms with E-state index in [0.717, 1.165) is 6.42 Å². The van der Waals surface area contributed by atoms with Gasteiger partial charge < -0.3 is 14.9 Å². The van der Waals surface area contributed by atoms with Gasteiger partial charge in [0.05, 0.1) is 11.5 Å². The molecule has 0 aromatic carbocycles. The summed E-state index contributed by atoms with van der Waals surface area (Å²) in [5.74, 6) is -1.18. The monoisotopic (exact) mass is 312 g/mol. The summed E-state index contributed by atoms with van der Waals surface area (Å²) in [6.07, 6.45) is 2.41. The third-order valence-corrected chi connectivity index (χ3v) is 5.84. The Morgan fingerprint density at radius 1 is 1.23 bits per heavy atom. The van der Waals surface area contributed by atoms with E-state index in [0.29, 0.717) is 31.6 Å². The van der Waals surface area contributed by atoms with Crippen LogP contribution in [-0.4, -0.2) is 33.9 Å². The maximum Gasteiger partial charge on any atom is 0.307 e. The molecular weight excluding hydrogens is 284 g/mol. The summed E-state index contributed by atoms with van der Waals surface area (Å²) in [7, 11) is 0. The lowest BCUT2D eigenvalue weighted by Crippen LogP contribution is -2.55. The number of carbonyl (C=O) groups is 2. The van der Waals surface area contributed by atoms with E-state index >= 15 is 0 Å². The second-order valence-corrected chi connectivity index (χ2v) is 7.73. The van der Waals surface area contributed by atoms with Gasteiger partial charge in [-0.25, -0.2) is 0 Å². The van der Waals surface area contributed by atoms with Crippen LogP contribution in [0.3, 0.4) is 0 Å². The first-order chi connectivity index (χ1) is 10.1. The molecule has 0 aromatic rings. The maximum absolute atomic E-state index is 11.8. The average Bonchev–Trinajstić information content (AvgIpc) is 2.73. The fourth-order valence-corrected chi connectivity index (χ4v) is 4.96. The smallest absolute Gasteiger partial charge is 0.307 e. The molecule has 0 bridgehead atoms. The maximum atomic E-state index is 11.8. The van der Waals surface area contributed by atoms with Crippen LogP contribution < -0.4 is 0 Å². The van der Waals surface area contributed by atoms with E-state index in [1.807, 2.05) is 0 Å². The molecular formula is C17H28O5. The highest BCUT2D eigenvalue weighted by atomic mass is 16.5. The van der Waals surface area contributed by atoms with Crippen molar-refractivity contribution in [3.63, 3.8) is 0 Å². The minimum atomic E-state index is -0.904. The topological polar surface area (TPSA) is 83.8 Å². The van der Waals surface area contributed by atoms with Gasteiger partial charge in [-0.3, -0.25) is 9.59 Å². The van der Waals surface area contributed by atoms with Crippen molar-refractivity contribution in [2.45, 2.75) is 71.5 Å². The molecule has 126 valence electrons. The molecule has 2 N–H and O–H groups in total. The van der Waals surface area contributed by atoms with E-state index in [1.165, 1.54) is 6.92 Å². The zero-order valence-electron chi connectivity index (χ0n) is 14.0. The highest BCUT2D eigenvalue weighted by Gasteiger charge is 2.62. The summed E-state index contributed by atoms with van der Waals surface area (Å²) in [6, 6.07) is 0. The van der Waals surface area contributed by atoms with Crippen LogP contribution in [0.4, 0.5) is 0 Å². The molecule has 1 spiro atoms. The zero-order chi connectivity index (χ0) is 16.7. The summed E-state index contributed by atoms with van der Waals surface area (Å²) >= 11 is 0. The van der Waals surface area contributed by atoms with Crippen molar-refractivity contribution in [2.24, 2.45) is 23.2 Å². The average molecular weight is 312 g/mol. The van der Waals surface area contributed by atoms with Gasteiger partial charge in [0.1, 0.15) is 6.10 Å². The number of hydrogen-bond acceptors (Lipinski definition) is 4. The number of carbonyl (C=O) groups excluding carboxylic acids is 1. The van der Waals surface area contributed by atoms with Gasteiger partial charge in [0.15, 0.2) is 0 Å². The molecule has 5 nitrogen and oxygen atoms in total. The first kappa shape index (κ1) is 17.3. The van der Waals surface area contributed by atoms with E-state index in [9.17, 15) is 19.8 Å². The van der Waals surface area contributed by atoms with Gasteiger partial charge in [-0.1, -0.05) is 13.8 Å². The quantitative estimate of drug-likeness (QED) is 0.783. The number of hydrogen-bond donors (Lipinski definition) is 2. The molecule has 0 unspecified atom stereocenters. The third-order valence-electron chi connectivity index (χ3n) is 5.84. The molecule has 0 aliphatic heterocycles. The predicted octanol–water partition coefficient (Wildman–Crippen LogP) is 2.61. The molecule has 0 saturated heterocycles. The Morgan fingerprint density at radius 3 is 2.36 bits per heavy atom. The van der Waals surface area contributed by atoms with Crippen LogP contribution in [0.25, 0.3) is 0 Å². The Bertz CT molecular complexity index is 456. The second-order valence-electron chi connectivity index (χ2n) is 7.73. The van der Waals surface area contributed by atoms with Crippen molar-refractivity contribution in [3.8, 4) is 0 Å². The van der Waals surface area contributed by atoms with Gasteiger partial charge in [0.25, 0.3) is 0 Å². The molecule has 2 aliphatic rings. The Hall–Kier alpha value is -1.10. The fraction of sp³-hybridized carbons (Fsp3) is 0.882. The van der Waals surface area contributed by atoms with E-state index < -0.39 is 35.0 Å². The van der Waals surface area contributed by atoms with Crippen LogP contribution in [-0.2, 0) is 14.3 Å². The lowest BCUT2D eigenvalue weighted by Gasteiger charge is -2.52. The van der Waals surface area contributed by atoms with Gasteiger partial charge in [-0.05, 0) is 44.4 Å². The minimum absolute atomic E-state index is 0.203. The summed E-state index contributed by atoms with van der Waals surface area (Å²) in [5, 5.41) is 20.1. The van der Waals surface area contributed by atoms with Crippen LogP contribution in [0.2, 0.25) is 0 Å². The summed E-state index contributed by atoms with van der Waals surface area (Å²) in [5.41, 5.74) is -1.45. The highest BCUT2D eigenvalue weighted by molar-refractivity contribution is 5.72. The molecule has 0 radical (unpaired) electrons. The first-order valence-electron chi connectivity index (χ1n) is 8.22. The Kier molecular flexibility index (Phi) is 4.58. The van der Waals surface area contributed by atoms with Crippen LogP contribution in [0, 0.1) is 23.2 Å². The largest absolute Gasteiger partial charge is 0.481 e. The Balaban J connectivity index is 2.46. The van der Waals surface area contributed by atoms with Crippen molar-refractivity contribution >= 4 is 11.9 Å². The second kappa shape index (κ2) is 5.84. The summed E-state index contributed by atoms with van der Waals surface area (Å²) in [6.45, 7) is 7.31. The third kappa shape index (κ3) is 2.87. The molecule has 2 rings (SSSR count). The van der Waals surface area contributed by atoms with Gasteiger partial charge in [0.2, 0.25) is 0 Å². The normalized spacial score (nSPS) is 41.8. The Morgan fingerprint density at radius 2 is 1.86 bits per heavy atom. The standard InChI is InChI=1S/C17H28O5/c1-10(2)12-5-6-13(15(19)20)17(12)8-7-16(4,21)9-14(17)22-11(3)18/h10,12-14,21H,5-9H2,1-4H3,(H,19,20)/t12-,13+,14+,16-,17-/m0/s1. The van der Waals surface area contributed by atoms with Crippen molar-refractivity contribution < 1.29 is 24.5 Å². The molecule has 2 saturated carbocycles. The van der Waals surface area contributed by atoms with E-state index in [4.69, 9.17) is 4.74 Å². The molecule has 2 aliphatic carbocycles. The van der Waals surface area contributed by atoms with Gasteiger partial charge in [-0.2, -0.15) is 0 Å². The highest BCUT2D eigenvalue weighted by Crippen LogP contribution is 2.60. The zero-order valence-corrected chi connectivity index (χ0v) is 14.0. The lowest BCUT2D eigenvalue weighted by atomic mass is 9.56. The molecule has 2 fully saturated rings. The summed E-state index contributed by atoms with van der Waals surface area (Å²) in [4.78, 5) is 23.4. The van der Waals surface area contributed by atoms with Gasteiger partial charge in [-0.15, -0.1) is 0 Å². The number of carboxylic acid groups (broad SMARTS) is 1. The minimum Gasteiger partial charge on any atom is -0.481 e. The lowest BCUT2D eigenvalue weighted by molar-refractivity contribution is -0.188. The van der Waals surface area contributed by atoms with Crippen molar-refractivity contribution in [1.29, 1.82) is 0 Å². The number of esters is 1.